The Morgan fingerprint density at radius 3 is 2.50 bits per heavy atom. The number of hydrogen-bond acceptors (Lipinski definition) is 6. The number of aryl methyl sites for hydroxylation is 2. The van der Waals surface area contributed by atoms with Gasteiger partial charge in [-0.1, -0.05) is 0 Å². The molecule has 7 heteroatoms. The first-order valence-electron chi connectivity index (χ1n) is 8.11. The summed E-state index contributed by atoms with van der Waals surface area (Å²) in [5, 5.41) is 5.47. The number of aromatic nitrogens is 1. The summed E-state index contributed by atoms with van der Waals surface area (Å²) in [5.74, 6) is 1.38. The van der Waals surface area contributed by atoms with Crippen LogP contribution in [0.2, 0.25) is 0 Å². The summed E-state index contributed by atoms with van der Waals surface area (Å²) < 4.78 is 10.5. The number of carbonyl (C=O) groups excluding carboxylic acids is 1. The van der Waals surface area contributed by atoms with E-state index >= 15 is 0 Å². The van der Waals surface area contributed by atoms with Crippen LogP contribution < -0.4 is 14.8 Å². The third kappa shape index (κ3) is 4.62. The summed E-state index contributed by atoms with van der Waals surface area (Å²) in [7, 11) is 3.22. The van der Waals surface area contributed by atoms with Gasteiger partial charge >= 0.3 is 0 Å². The zero-order chi connectivity index (χ0) is 18.5. The normalized spacial score (nSPS) is 10.6. The van der Waals surface area contributed by atoms with E-state index in [2.05, 4.69) is 29.4 Å². The molecular weight excluding hydrogens is 368 g/mol. The predicted octanol–water partition coefficient (Wildman–Crippen LogP) is 4.77. The first-order chi connectivity index (χ1) is 12.6. The van der Waals surface area contributed by atoms with E-state index in [4.69, 9.17) is 9.47 Å². The van der Waals surface area contributed by atoms with Crippen LogP contribution in [-0.2, 0) is 11.2 Å². The molecule has 2 aromatic heterocycles. The first-order valence-corrected chi connectivity index (χ1v) is 9.81. The van der Waals surface area contributed by atoms with Crippen molar-refractivity contribution in [1.82, 2.24) is 4.98 Å². The minimum atomic E-state index is -0.0601. The van der Waals surface area contributed by atoms with Crippen LogP contribution in [0.25, 0.3) is 10.6 Å². The topological polar surface area (TPSA) is 60.5 Å². The fraction of sp³-hybridized carbons (Fsp3) is 0.263. The number of thiazole rings is 1. The maximum absolute atomic E-state index is 12.2. The lowest BCUT2D eigenvalue weighted by Gasteiger charge is -2.08. The number of hydrogen-bond donors (Lipinski definition) is 1. The minimum absolute atomic E-state index is 0.0601. The van der Waals surface area contributed by atoms with Crippen molar-refractivity contribution < 1.29 is 14.3 Å². The molecule has 0 aliphatic carbocycles. The Morgan fingerprint density at radius 1 is 1.15 bits per heavy atom. The van der Waals surface area contributed by atoms with Gasteiger partial charge in [-0.15, -0.1) is 22.7 Å². The Balaban J connectivity index is 1.59. The van der Waals surface area contributed by atoms with Crippen molar-refractivity contribution >= 4 is 33.7 Å². The molecule has 0 aliphatic heterocycles. The fourth-order valence-corrected chi connectivity index (χ4v) is 4.10. The van der Waals surface area contributed by atoms with Crippen molar-refractivity contribution in [3.05, 3.63) is 46.2 Å². The lowest BCUT2D eigenvalue weighted by atomic mass is 10.1. The van der Waals surface area contributed by atoms with Crippen LogP contribution in [-0.4, -0.2) is 25.1 Å². The van der Waals surface area contributed by atoms with Gasteiger partial charge in [0.25, 0.3) is 0 Å². The second-order valence-corrected chi connectivity index (χ2v) is 7.86. The van der Waals surface area contributed by atoms with Gasteiger partial charge in [0.05, 0.1) is 24.8 Å². The lowest BCUT2D eigenvalue weighted by Crippen LogP contribution is -2.12. The van der Waals surface area contributed by atoms with E-state index in [-0.39, 0.29) is 5.91 Å². The van der Waals surface area contributed by atoms with Crippen LogP contribution in [0.15, 0.2) is 35.7 Å². The van der Waals surface area contributed by atoms with Crippen molar-refractivity contribution in [1.29, 1.82) is 0 Å². The summed E-state index contributed by atoms with van der Waals surface area (Å²) in [6, 6.07) is 9.76. The molecule has 1 N–H and O–H groups in total. The van der Waals surface area contributed by atoms with Crippen LogP contribution in [0.1, 0.15) is 16.9 Å². The molecule has 5 nitrogen and oxygen atoms in total. The number of carbonyl (C=O) groups is 1. The number of nitrogens with one attached hydrogen (secondary N) is 1. The molecule has 0 aliphatic rings. The van der Waals surface area contributed by atoms with Gasteiger partial charge in [-0.25, -0.2) is 4.98 Å². The molecule has 0 bridgehead atoms. The Kier molecular flexibility index (Phi) is 5.90. The van der Waals surface area contributed by atoms with Crippen LogP contribution in [0.3, 0.4) is 0 Å². The van der Waals surface area contributed by atoms with Crippen LogP contribution in [0, 0.1) is 6.92 Å². The number of methoxy groups -OCH3 is 2. The fourth-order valence-electron chi connectivity index (χ4n) is 2.47. The Labute approximate surface area is 160 Å². The van der Waals surface area contributed by atoms with E-state index in [0.29, 0.717) is 18.0 Å². The number of ether oxygens (including phenoxy) is 2. The van der Waals surface area contributed by atoms with Crippen molar-refractivity contribution in [2.24, 2.45) is 0 Å². The molecule has 0 atom stereocenters. The van der Waals surface area contributed by atoms with Gasteiger partial charge in [-0.2, -0.15) is 0 Å². The zero-order valence-electron chi connectivity index (χ0n) is 14.9. The number of amides is 1. The standard InChI is InChI=1S/C19H20N2O3S2/c1-12-4-6-17(26-12)16-11-25-19(20-16)21-18(22)7-5-13-8-14(23-2)10-15(9-13)24-3/h4,6,8-11H,5,7H2,1-3H3,(H,20,21,22). The molecule has 0 unspecified atom stereocenters. The van der Waals surface area contributed by atoms with Gasteiger partial charge in [0.2, 0.25) is 5.91 Å². The highest BCUT2D eigenvalue weighted by atomic mass is 32.1. The average Bonchev–Trinajstić information content (AvgIpc) is 3.28. The number of nitrogens with zero attached hydrogens (tertiary/aromatic N) is 1. The molecule has 1 aromatic carbocycles. The monoisotopic (exact) mass is 388 g/mol. The molecule has 0 saturated carbocycles. The number of benzene rings is 1. The molecule has 136 valence electrons. The lowest BCUT2D eigenvalue weighted by molar-refractivity contribution is -0.116. The van der Waals surface area contributed by atoms with Gasteiger partial charge < -0.3 is 14.8 Å². The van der Waals surface area contributed by atoms with Crippen molar-refractivity contribution in [3.63, 3.8) is 0 Å². The molecule has 0 radical (unpaired) electrons. The molecular formula is C19H20N2O3S2. The van der Waals surface area contributed by atoms with Gasteiger partial charge in [0.1, 0.15) is 11.5 Å². The van der Waals surface area contributed by atoms with Gasteiger partial charge in [-0.3, -0.25) is 4.79 Å². The highest BCUT2D eigenvalue weighted by Gasteiger charge is 2.10. The first kappa shape index (κ1) is 18.4. The van der Waals surface area contributed by atoms with Crippen molar-refractivity contribution in [2.45, 2.75) is 19.8 Å². The molecule has 2 heterocycles. The number of rotatable bonds is 7. The molecule has 26 heavy (non-hydrogen) atoms. The smallest absolute Gasteiger partial charge is 0.226 e. The Morgan fingerprint density at radius 2 is 1.88 bits per heavy atom. The summed E-state index contributed by atoms with van der Waals surface area (Å²) in [5.41, 5.74) is 1.89. The minimum Gasteiger partial charge on any atom is -0.497 e. The van der Waals surface area contributed by atoms with E-state index in [1.54, 1.807) is 25.6 Å². The summed E-state index contributed by atoms with van der Waals surface area (Å²) in [6.07, 6.45) is 0.963. The summed E-state index contributed by atoms with van der Waals surface area (Å²) in [6.45, 7) is 2.07. The zero-order valence-corrected chi connectivity index (χ0v) is 16.5. The second-order valence-electron chi connectivity index (χ2n) is 5.72. The molecule has 0 fully saturated rings. The van der Waals surface area contributed by atoms with E-state index in [0.717, 1.165) is 27.6 Å². The quantitative estimate of drug-likeness (QED) is 0.633. The maximum Gasteiger partial charge on any atom is 0.226 e. The van der Waals surface area contributed by atoms with Crippen molar-refractivity contribution in [2.75, 3.05) is 19.5 Å². The molecule has 1 amide bonds. The molecule has 3 rings (SSSR count). The highest BCUT2D eigenvalue weighted by molar-refractivity contribution is 7.17. The summed E-state index contributed by atoms with van der Waals surface area (Å²) >= 11 is 3.13. The highest BCUT2D eigenvalue weighted by Crippen LogP contribution is 2.30. The SMILES string of the molecule is COc1cc(CCC(=O)Nc2nc(-c3ccc(C)s3)cs2)cc(OC)c1. The molecule has 3 aromatic rings. The van der Waals surface area contributed by atoms with E-state index in [1.165, 1.54) is 16.2 Å². The van der Waals surface area contributed by atoms with Crippen LogP contribution in [0.4, 0.5) is 5.13 Å². The molecule has 0 saturated heterocycles. The van der Waals surface area contributed by atoms with Crippen molar-refractivity contribution in [3.8, 4) is 22.1 Å². The van der Waals surface area contributed by atoms with Crippen LogP contribution in [0.5, 0.6) is 11.5 Å². The molecule has 0 spiro atoms. The number of thiophene rings is 1. The van der Waals surface area contributed by atoms with E-state index < -0.39 is 0 Å². The average molecular weight is 389 g/mol. The number of anilines is 1. The Hall–Kier alpha value is -2.38. The van der Waals surface area contributed by atoms with Gasteiger partial charge in [0.15, 0.2) is 5.13 Å². The van der Waals surface area contributed by atoms with E-state index in [9.17, 15) is 4.79 Å². The third-order valence-electron chi connectivity index (χ3n) is 3.80. The second kappa shape index (κ2) is 8.33. The predicted molar refractivity (Wildman–Crippen MR) is 107 cm³/mol. The summed E-state index contributed by atoms with van der Waals surface area (Å²) in [4.78, 5) is 19.1. The third-order valence-corrected chi connectivity index (χ3v) is 5.58. The van der Waals surface area contributed by atoms with E-state index in [1.807, 2.05) is 23.6 Å². The van der Waals surface area contributed by atoms with Gasteiger partial charge in [-0.05, 0) is 43.2 Å². The maximum atomic E-state index is 12.2. The van der Waals surface area contributed by atoms with Gasteiger partial charge in [0, 0.05) is 22.7 Å². The largest absolute Gasteiger partial charge is 0.497 e. The Bertz CT molecular complexity index is 880. The van der Waals surface area contributed by atoms with Crippen LogP contribution >= 0.6 is 22.7 Å².